The Morgan fingerprint density at radius 1 is 1.13 bits per heavy atom. The van der Waals surface area contributed by atoms with E-state index in [1.165, 1.54) is 34.3 Å². The van der Waals surface area contributed by atoms with Crippen molar-refractivity contribution in [3.8, 4) is 0 Å². The van der Waals surface area contributed by atoms with Crippen LogP contribution in [0.3, 0.4) is 0 Å². The van der Waals surface area contributed by atoms with E-state index in [9.17, 15) is 19.2 Å². The highest BCUT2D eigenvalue weighted by molar-refractivity contribution is 7.98. The number of nitrogens with zero attached hydrogens (tertiary/aromatic N) is 3. The molecule has 8 nitrogen and oxygen atoms in total. The average Bonchev–Trinajstić information content (AvgIpc) is 2.67. The summed E-state index contributed by atoms with van der Waals surface area (Å²) in [5, 5.41) is 2.62. The number of amides is 3. The van der Waals surface area contributed by atoms with E-state index < -0.39 is 5.54 Å². The maximum absolute atomic E-state index is 12.0. The van der Waals surface area contributed by atoms with Gasteiger partial charge in [0.1, 0.15) is 5.54 Å². The molecule has 0 spiro atoms. The zero-order valence-corrected chi connectivity index (χ0v) is 14.4. The van der Waals surface area contributed by atoms with Gasteiger partial charge in [-0.05, 0) is 13.8 Å². The summed E-state index contributed by atoms with van der Waals surface area (Å²) in [5.74, 6) is 0.733. The Labute approximate surface area is 137 Å². The van der Waals surface area contributed by atoms with Crippen LogP contribution in [0.5, 0.6) is 0 Å². The summed E-state index contributed by atoms with van der Waals surface area (Å²) < 4.78 is 2.47. The molecule has 126 valence electrons. The standard InChI is InChI=1S/C14H20N4O4S/c1-14(2)11(20)18(12(21)15-14)5-6-23-8-9-7-10(19)17(4)13(22)16(9)3/h7H,5-6,8H2,1-4H3,(H,15,21). The van der Waals surface area contributed by atoms with Crippen LogP contribution in [0.1, 0.15) is 19.5 Å². The fraction of sp³-hybridized carbons (Fsp3) is 0.571. The number of thioether (sulfide) groups is 1. The van der Waals surface area contributed by atoms with Gasteiger partial charge in [-0.15, -0.1) is 0 Å². The van der Waals surface area contributed by atoms with Crippen molar-refractivity contribution < 1.29 is 9.59 Å². The highest BCUT2D eigenvalue weighted by atomic mass is 32.2. The van der Waals surface area contributed by atoms with Crippen LogP contribution in [0.15, 0.2) is 15.7 Å². The molecule has 1 aliphatic rings. The zero-order valence-electron chi connectivity index (χ0n) is 13.6. The Bertz CT molecular complexity index is 765. The largest absolute Gasteiger partial charge is 0.330 e. The van der Waals surface area contributed by atoms with Crippen LogP contribution >= 0.6 is 11.8 Å². The third-order valence-electron chi connectivity index (χ3n) is 3.78. The molecule has 1 aromatic rings. The lowest BCUT2D eigenvalue weighted by molar-refractivity contribution is -0.130. The predicted octanol–water partition coefficient (Wildman–Crippen LogP) is -0.352. The van der Waals surface area contributed by atoms with Crippen LogP contribution < -0.4 is 16.6 Å². The summed E-state index contributed by atoms with van der Waals surface area (Å²) in [6, 6.07) is 1.03. The van der Waals surface area contributed by atoms with Crippen molar-refractivity contribution >= 4 is 23.7 Å². The van der Waals surface area contributed by atoms with Gasteiger partial charge in [0, 0.05) is 43.9 Å². The van der Waals surface area contributed by atoms with Gasteiger partial charge in [0.05, 0.1) is 0 Å². The summed E-state index contributed by atoms with van der Waals surface area (Å²) in [6.07, 6.45) is 0. The van der Waals surface area contributed by atoms with Crippen molar-refractivity contribution in [3.63, 3.8) is 0 Å². The lowest BCUT2D eigenvalue weighted by atomic mass is 10.1. The number of hydrogen-bond acceptors (Lipinski definition) is 5. The van der Waals surface area contributed by atoms with E-state index in [1.54, 1.807) is 20.9 Å². The van der Waals surface area contributed by atoms with Crippen molar-refractivity contribution in [2.45, 2.75) is 25.1 Å². The first-order valence-corrected chi connectivity index (χ1v) is 8.28. The normalized spacial score (nSPS) is 16.8. The maximum atomic E-state index is 12.0. The number of nitrogens with one attached hydrogen (secondary N) is 1. The van der Waals surface area contributed by atoms with Crippen LogP contribution in [0.2, 0.25) is 0 Å². The number of urea groups is 1. The second-order valence-corrected chi connectivity index (χ2v) is 7.04. The van der Waals surface area contributed by atoms with Gasteiger partial charge in [0.2, 0.25) is 0 Å². The highest BCUT2D eigenvalue weighted by Gasteiger charge is 2.43. The molecule has 3 amide bonds. The monoisotopic (exact) mass is 340 g/mol. The van der Waals surface area contributed by atoms with Crippen LogP contribution in [-0.4, -0.2) is 43.8 Å². The Balaban J connectivity index is 1.95. The topological polar surface area (TPSA) is 93.4 Å². The highest BCUT2D eigenvalue weighted by Crippen LogP contribution is 2.18. The second kappa shape index (κ2) is 6.23. The fourth-order valence-corrected chi connectivity index (χ4v) is 3.21. The van der Waals surface area contributed by atoms with Crippen LogP contribution in [0, 0.1) is 0 Å². The smallest absolute Gasteiger partial charge is 0.324 e. The van der Waals surface area contributed by atoms with Crippen molar-refractivity contribution in [1.29, 1.82) is 0 Å². The molecule has 1 fully saturated rings. The summed E-state index contributed by atoms with van der Waals surface area (Å²) >= 11 is 1.45. The Kier molecular flexibility index (Phi) is 4.69. The first kappa shape index (κ1) is 17.3. The molecule has 0 bridgehead atoms. The number of carbonyl (C=O) groups is 2. The molecule has 0 saturated carbocycles. The lowest BCUT2D eigenvalue weighted by Crippen LogP contribution is -2.40. The summed E-state index contributed by atoms with van der Waals surface area (Å²) in [5.41, 5.74) is -0.971. The maximum Gasteiger partial charge on any atom is 0.330 e. The summed E-state index contributed by atoms with van der Waals surface area (Å²) in [7, 11) is 3.04. The van der Waals surface area contributed by atoms with Gasteiger partial charge in [0.15, 0.2) is 0 Å². The van der Waals surface area contributed by atoms with Crippen LogP contribution in [-0.2, 0) is 24.6 Å². The molecule has 1 aromatic heterocycles. The molecule has 0 radical (unpaired) electrons. The zero-order chi connectivity index (χ0) is 17.4. The van der Waals surface area contributed by atoms with Crippen molar-refractivity contribution in [2.24, 2.45) is 14.1 Å². The molecule has 2 heterocycles. The average molecular weight is 340 g/mol. The number of rotatable bonds is 5. The number of carbonyl (C=O) groups excluding carboxylic acids is 2. The number of imide groups is 1. The summed E-state index contributed by atoms with van der Waals surface area (Å²) in [4.78, 5) is 48.4. The first-order valence-electron chi connectivity index (χ1n) is 7.13. The summed E-state index contributed by atoms with van der Waals surface area (Å²) in [6.45, 7) is 3.61. The minimum atomic E-state index is -0.864. The van der Waals surface area contributed by atoms with Gasteiger partial charge in [-0.1, -0.05) is 0 Å². The SMILES string of the molecule is Cn1c(CSCCN2C(=O)NC(C)(C)C2=O)cc(=O)n(C)c1=O. The third kappa shape index (κ3) is 3.34. The molecular formula is C14H20N4O4S. The Morgan fingerprint density at radius 2 is 1.78 bits per heavy atom. The van der Waals surface area contributed by atoms with Gasteiger partial charge in [0.25, 0.3) is 11.5 Å². The van der Waals surface area contributed by atoms with E-state index >= 15 is 0 Å². The van der Waals surface area contributed by atoms with E-state index in [4.69, 9.17) is 0 Å². The van der Waals surface area contributed by atoms with Gasteiger partial charge in [-0.2, -0.15) is 11.8 Å². The molecule has 1 aliphatic heterocycles. The van der Waals surface area contributed by atoms with Gasteiger partial charge >= 0.3 is 11.7 Å². The van der Waals surface area contributed by atoms with Crippen LogP contribution in [0.4, 0.5) is 4.79 Å². The second-order valence-electron chi connectivity index (χ2n) is 5.94. The molecule has 0 aliphatic carbocycles. The van der Waals surface area contributed by atoms with E-state index in [1.807, 2.05) is 0 Å². The van der Waals surface area contributed by atoms with Gasteiger partial charge in [-0.3, -0.25) is 23.6 Å². The molecular weight excluding hydrogens is 320 g/mol. The van der Waals surface area contributed by atoms with E-state index in [0.29, 0.717) is 17.2 Å². The first-order chi connectivity index (χ1) is 10.6. The van der Waals surface area contributed by atoms with Crippen molar-refractivity contribution in [2.75, 3.05) is 12.3 Å². The molecule has 0 aromatic carbocycles. The minimum absolute atomic E-state index is 0.246. The molecule has 0 atom stereocenters. The Hall–Kier alpha value is -2.03. The van der Waals surface area contributed by atoms with Crippen molar-refractivity contribution in [1.82, 2.24) is 19.4 Å². The van der Waals surface area contributed by atoms with E-state index in [-0.39, 0.29) is 29.7 Å². The molecule has 1 saturated heterocycles. The van der Waals surface area contributed by atoms with E-state index in [2.05, 4.69) is 5.32 Å². The number of aromatic nitrogens is 2. The van der Waals surface area contributed by atoms with Crippen LogP contribution in [0.25, 0.3) is 0 Å². The third-order valence-corrected chi connectivity index (χ3v) is 4.75. The fourth-order valence-electron chi connectivity index (χ4n) is 2.27. The minimum Gasteiger partial charge on any atom is -0.324 e. The van der Waals surface area contributed by atoms with Crippen molar-refractivity contribution in [3.05, 3.63) is 32.6 Å². The lowest BCUT2D eigenvalue weighted by Gasteiger charge is -2.16. The molecule has 2 rings (SSSR count). The van der Waals surface area contributed by atoms with Gasteiger partial charge in [-0.25, -0.2) is 9.59 Å². The quantitative estimate of drug-likeness (QED) is 0.584. The molecule has 0 unspecified atom stereocenters. The van der Waals surface area contributed by atoms with Gasteiger partial charge < -0.3 is 5.32 Å². The predicted molar refractivity (Wildman–Crippen MR) is 87.4 cm³/mol. The molecule has 23 heavy (non-hydrogen) atoms. The van der Waals surface area contributed by atoms with E-state index in [0.717, 1.165) is 4.57 Å². The Morgan fingerprint density at radius 3 is 2.35 bits per heavy atom. The molecule has 1 N–H and O–H groups in total. The number of hydrogen-bond donors (Lipinski definition) is 1. The molecule has 9 heteroatoms.